The van der Waals surface area contributed by atoms with Gasteiger partial charge in [-0.15, -0.1) is 11.3 Å². The highest BCUT2D eigenvalue weighted by Gasteiger charge is 2.19. The van der Waals surface area contributed by atoms with Gasteiger partial charge in [0.1, 0.15) is 5.69 Å². The molecule has 0 fully saturated rings. The number of carbonyl (C=O) groups is 1. The molecule has 2 N–H and O–H groups in total. The standard InChI is InChI=1S/C10H13N5OS/c1-14(4-7-5-17-6-12-7)10(16)9-8(11)3-13-15(9)2/h3,5-6H,4,11H2,1-2H3. The van der Waals surface area contributed by atoms with Gasteiger partial charge in [-0.3, -0.25) is 9.48 Å². The quantitative estimate of drug-likeness (QED) is 0.872. The van der Waals surface area contributed by atoms with E-state index in [2.05, 4.69) is 10.1 Å². The van der Waals surface area contributed by atoms with E-state index in [1.165, 1.54) is 22.2 Å². The van der Waals surface area contributed by atoms with Crippen LogP contribution in [0.4, 0.5) is 5.69 Å². The van der Waals surface area contributed by atoms with Crippen molar-refractivity contribution in [2.45, 2.75) is 6.54 Å². The third kappa shape index (κ3) is 2.28. The Morgan fingerprint density at radius 3 is 2.94 bits per heavy atom. The summed E-state index contributed by atoms with van der Waals surface area (Å²) < 4.78 is 1.48. The molecule has 0 aliphatic rings. The Kier molecular flexibility index (Phi) is 3.10. The lowest BCUT2D eigenvalue weighted by molar-refractivity contribution is 0.0774. The molecule has 0 aliphatic heterocycles. The van der Waals surface area contributed by atoms with Gasteiger partial charge in [0.2, 0.25) is 0 Å². The largest absolute Gasteiger partial charge is 0.396 e. The normalized spacial score (nSPS) is 10.5. The van der Waals surface area contributed by atoms with Crippen LogP contribution in [0.3, 0.4) is 0 Å². The molecule has 2 aromatic rings. The average molecular weight is 251 g/mol. The van der Waals surface area contributed by atoms with Crippen molar-refractivity contribution in [3.8, 4) is 0 Å². The Hall–Kier alpha value is -1.89. The molecule has 2 heterocycles. The molecule has 6 nitrogen and oxygen atoms in total. The SMILES string of the molecule is CN(Cc1cscn1)C(=O)c1c(N)cnn1C. The Balaban J connectivity index is 2.15. The van der Waals surface area contributed by atoms with Crippen molar-refractivity contribution in [1.29, 1.82) is 0 Å². The number of hydrogen-bond donors (Lipinski definition) is 1. The fourth-order valence-electron chi connectivity index (χ4n) is 1.53. The number of carbonyl (C=O) groups excluding carboxylic acids is 1. The van der Waals surface area contributed by atoms with Crippen molar-refractivity contribution < 1.29 is 4.79 Å². The Labute approximate surface area is 103 Å². The molecule has 2 rings (SSSR count). The third-order valence-electron chi connectivity index (χ3n) is 2.40. The van der Waals surface area contributed by atoms with Gasteiger partial charge < -0.3 is 10.6 Å². The lowest BCUT2D eigenvalue weighted by Crippen LogP contribution is -2.28. The highest BCUT2D eigenvalue weighted by molar-refractivity contribution is 7.07. The van der Waals surface area contributed by atoms with Gasteiger partial charge in [0.15, 0.2) is 0 Å². The Morgan fingerprint density at radius 1 is 1.65 bits per heavy atom. The maximum atomic E-state index is 12.1. The molecule has 2 aromatic heterocycles. The number of anilines is 1. The van der Waals surface area contributed by atoms with E-state index in [0.717, 1.165) is 5.69 Å². The summed E-state index contributed by atoms with van der Waals surface area (Å²) in [5, 5.41) is 5.86. The van der Waals surface area contributed by atoms with E-state index in [1.807, 2.05) is 5.38 Å². The topological polar surface area (TPSA) is 77.0 Å². The highest BCUT2D eigenvalue weighted by atomic mass is 32.1. The first-order valence-electron chi connectivity index (χ1n) is 4.99. The van der Waals surface area contributed by atoms with Gasteiger partial charge in [0.25, 0.3) is 5.91 Å². The van der Waals surface area contributed by atoms with Crippen molar-refractivity contribution in [1.82, 2.24) is 19.7 Å². The van der Waals surface area contributed by atoms with Gasteiger partial charge in [-0.1, -0.05) is 0 Å². The number of nitrogens with zero attached hydrogens (tertiary/aromatic N) is 4. The van der Waals surface area contributed by atoms with E-state index >= 15 is 0 Å². The van der Waals surface area contributed by atoms with Gasteiger partial charge in [0, 0.05) is 19.5 Å². The predicted molar refractivity (Wildman–Crippen MR) is 65.5 cm³/mol. The second-order valence-electron chi connectivity index (χ2n) is 3.71. The van der Waals surface area contributed by atoms with E-state index in [0.29, 0.717) is 17.9 Å². The maximum Gasteiger partial charge on any atom is 0.274 e. The van der Waals surface area contributed by atoms with Crippen molar-refractivity contribution >= 4 is 22.9 Å². The van der Waals surface area contributed by atoms with Crippen LogP contribution in [0.25, 0.3) is 0 Å². The fourth-order valence-corrected chi connectivity index (χ4v) is 2.08. The van der Waals surface area contributed by atoms with Crippen LogP contribution < -0.4 is 5.73 Å². The summed E-state index contributed by atoms with van der Waals surface area (Å²) in [7, 11) is 3.41. The number of thiazole rings is 1. The van der Waals surface area contributed by atoms with Crippen LogP contribution in [0.15, 0.2) is 17.1 Å². The molecule has 0 aromatic carbocycles. The number of amides is 1. The van der Waals surface area contributed by atoms with Crippen LogP contribution in [0.2, 0.25) is 0 Å². The molecule has 0 saturated carbocycles. The minimum absolute atomic E-state index is 0.157. The van der Waals surface area contributed by atoms with Gasteiger partial charge in [-0.2, -0.15) is 5.10 Å². The van der Waals surface area contributed by atoms with Gasteiger partial charge in [0.05, 0.1) is 29.6 Å². The number of nitrogen functional groups attached to an aromatic ring is 1. The van der Waals surface area contributed by atoms with Crippen LogP contribution >= 0.6 is 11.3 Å². The van der Waals surface area contributed by atoms with Gasteiger partial charge in [-0.25, -0.2) is 4.98 Å². The lowest BCUT2D eigenvalue weighted by atomic mass is 10.3. The molecular weight excluding hydrogens is 238 g/mol. The second-order valence-corrected chi connectivity index (χ2v) is 4.43. The molecule has 7 heteroatoms. The summed E-state index contributed by atoms with van der Waals surface area (Å²) in [6.07, 6.45) is 1.48. The van der Waals surface area contributed by atoms with Gasteiger partial charge in [-0.05, 0) is 0 Å². The zero-order valence-electron chi connectivity index (χ0n) is 9.62. The van der Waals surface area contributed by atoms with Crippen molar-refractivity contribution in [3.05, 3.63) is 28.5 Å². The molecule has 0 unspecified atom stereocenters. The monoisotopic (exact) mass is 251 g/mol. The molecule has 0 bridgehead atoms. The molecule has 0 radical (unpaired) electrons. The predicted octanol–water partition coefficient (Wildman–Crippen LogP) is 0.731. The fraction of sp³-hybridized carbons (Fsp3) is 0.300. The number of aryl methyl sites for hydroxylation is 1. The zero-order chi connectivity index (χ0) is 12.4. The van der Waals surface area contributed by atoms with Crippen LogP contribution in [-0.2, 0) is 13.6 Å². The average Bonchev–Trinajstić information content (AvgIpc) is 2.89. The van der Waals surface area contributed by atoms with Gasteiger partial charge >= 0.3 is 0 Å². The summed E-state index contributed by atoms with van der Waals surface area (Å²) in [6, 6.07) is 0. The molecule has 0 spiro atoms. The van der Waals surface area contributed by atoms with Crippen LogP contribution in [0.5, 0.6) is 0 Å². The minimum Gasteiger partial charge on any atom is -0.396 e. The molecule has 0 aliphatic carbocycles. The van der Waals surface area contributed by atoms with Crippen molar-refractivity contribution in [2.75, 3.05) is 12.8 Å². The van der Waals surface area contributed by atoms with E-state index in [4.69, 9.17) is 5.73 Å². The Morgan fingerprint density at radius 2 is 2.41 bits per heavy atom. The zero-order valence-corrected chi connectivity index (χ0v) is 10.4. The van der Waals surface area contributed by atoms with E-state index in [1.54, 1.807) is 24.5 Å². The molecule has 17 heavy (non-hydrogen) atoms. The van der Waals surface area contributed by atoms with Crippen LogP contribution in [0.1, 0.15) is 16.2 Å². The maximum absolute atomic E-state index is 12.1. The summed E-state index contributed by atoms with van der Waals surface area (Å²) >= 11 is 1.51. The molecule has 1 amide bonds. The molecule has 0 saturated heterocycles. The first kappa shape index (κ1) is 11.6. The van der Waals surface area contributed by atoms with Crippen molar-refractivity contribution in [3.63, 3.8) is 0 Å². The number of hydrogen-bond acceptors (Lipinski definition) is 5. The van der Waals surface area contributed by atoms with Crippen LogP contribution in [0, 0.1) is 0 Å². The van der Waals surface area contributed by atoms with E-state index < -0.39 is 0 Å². The van der Waals surface area contributed by atoms with E-state index in [-0.39, 0.29) is 5.91 Å². The smallest absolute Gasteiger partial charge is 0.274 e. The molecule has 0 atom stereocenters. The number of aromatic nitrogens is 3. The summed E-state index contributed by atoms with van der Waals surface area (Å²) in [4.78, 5) is 17.8. The first-order valence-corrected chi connectivity index (χ1v) is 5.94. The van der Waals surface area contributed by atoms with E-state index in [9.17, 15) is 4.79 Å². The number of nitrogens with two attached hydrogens (primary N) is 1. The summed E-state index contributed by atoms with van der Waals surface area (Å²) in [5.74, 6) is -0.157. The molecule has 90 valence electrons. The third-order valence-corrected chi connectivity index (χ3v) is 3.03. The molecular formula is C10H13N5OS. The van der Waals surface area contributed by atoms with Crippen molar-refractivity contribution in [2.24, 2.45) is 7.05 Å². The van der Waals surface area contributed by atoms with Crippen LogP contribution in [-0.4, -0.2) is 32.6 Å². The minimum atomic E-state index is -0.157. The first-order chi connectivity index (χ1) is 8.09. The highest BCUT2D eigenvalue weighted by Crippen LogP contribution is 2.13. The summed E-state index contributed by atoms with van der Waals surface area (Å²) in [5.41, 5.74) is 9.12. The lowest BCUT2D eigenvalue weighted by Gasteiger charge is -2.16. The number of rotatable bonds is 3. The summed E-state index contributed by atoms with van der Waals surface area (Å²) in [6.45, 7) is 0.465. The Bertz CT molecular complexity index is 499. The second kappa shape index (κ2) is 4.54.